The molecular weight excluding hydrogens is 485 g/mol. The Kier molecular flexibility index (Phi) is 7.83. The maximum Gasteiger partial charge on any atom is 0.262 e. The van der Waals surface area contributed by atoms with Gasteiger partial charge in [0.25, 0.3) is 11.8 Å². The maximum absolute atomic E-state index is 12.9. The molecule has 0 aromatic heterocycles. The minimum absolute atomic E-state index is 0.0583. The summed E-state index contributed by atoms with van der Waals surface area (Å²) >= 11 is 12.5. The Hall–Kier alpha value is -3.22. The molecule has 2 amide bonds. The van der Waals surface area contributed by atoms with Crippen molar-refractivity contribution in [2.75, 3.05) is 43.0 Å². The number of carbonyl (C=O) groups excluding carboxylic acids is 2. The van der Waals surface area contributed by atoms with Gasteiger partial charge in [0.15, 0.2) is 6.61 Å². The molecule has 1 saturated heterocycles. The fourth-order valence-corrected chi connectivity index (χ4v) is 4.62. The van der Waals surface area contributed by atoms with Gasteiger partial charge < -0.3 is 19.9 Å². The van der Waals surface area contributed by atoms with Gasteiger partial charge in [-0.3, -0.25) is 9.59 Å². The highest BCUT2D eigenvalue weighted by molar-refractivity contribution is 6.33. The van der Waals surface area contributed by atoms with Crippen molar-refractivity contribution in [3.8, 4) is 5.75 Å². The molecule has 1 aliphatic heterocycles. The number of hydrogen-bond acceptors (Lipinski definition) is 4. The van der Waals surface area contributed by atoms with Crippen LogP contribution in [-0.4, -0.2) is 49.5 Å². The zero-order valence-corrected chi connectivity index (χ0v) is 21.2. The molecule has 0 bridgehead atoms. The lowest BCUT2D eigenvalue weighted by Crippen LogP contribution is -2.49. The third kappa shape index (κ3) is 6.08. The molecule has 0 aliphatic carbocycles. The van der Waals surface area contributed by atoms with Crippen LogP contribution in [0.1, 0.15) is 21.5 Å². The van der Waals surface area contributed by atoms with Gasteiger partial charge in [0, 0.05) is 42.5 Å². The summed E-state index contributed by atoms with van der Waals surface area (Å²) in [5, 5.41) is 3.97. The maximum atomic E-state index is 12.9. The van der Waals surface area contributed by atoms with E-state index in [1.165, 1.54) is 0 Å². The number of carbonyl (C=O) groups is 2. The van der Waals surface area contributed by atoms with Crippen LogP contribution >= 0.6 is 23.2 Å². The topological polar surface area (TPSA) is 61.9 Å². The van der Waals surface area contributed by atoms with E-state index in [-0.39, 0.29) is 18.4 Å². The zero-order chi connectivity index (χ0) is 24.9. The van der Waals surface area contributed by atoms with Crippen molar-refractivity contribution >= 4 is 46.4 Å². The molecular formula is C27H27Cl2N3O3. The summed E-state index contributed by atoms with van der Waals surface area (Å²) in [4.78, 5) is 29.3. The minimum atomic E-state index is -0.286. The molecule has 0 radical (unpaired) electrons. The summed E-state index contributed by atoms with van der Waals surface area (Å²) in [6.45, 7) is 6.28. The van der Waals surface area contributed by atoms with E-state index in [0.29, 0.717) is 47.7 Å². The standard InChI is InChI=1S/C27H27Cl2N3O3/c1-18-5-3-4-6-22(18)27(34)32-13-11-31(12-14-32)24-9-8-21(16-23(24)29)30-26(33)17-35-25-10-7-20(28)15-19(25)2/h3-10,15-16H,11-14,17H2,1-2H3,(H,30,33). The van der Waals surface area contributed by atoms with Crippen LogP contribution in [0.15, 0.2) is 60.7 Å². The van der Waals surface area contributed by atoms with Gasteiger partial charge in [-0.1, -0.05) is 41.4 Å². The number of nitrogens with one attached hydrogen (secondary N) is 1. The van der Waals surface area contributed by atoms with Crippen molar-refractivity contribution in [1.82, 2.24) is 4.90 Å². The first-order valence-electron chi connectivity index (χ1n) is 11.4. The summed E-state index contributed by atoms with van der Waals surface area (Å²) in [6, 6.07) is 18.3. The lowest BCUT2D eigenvalue weighted by molar-refractivity contribution is -0.118. The van der Waals surface area contributed by atoms with E-state index >= 15 is 0 Å². The smallest absolute Gasteiger partial charge is 0.262 e. The predicted molar refractivity (Wildman–Crippen MR) is 141 cm³/mol. The van der Waals surface area contributed by atoms with E-state index in [2.05, 4.69) is 10.2 Å². The Balaban J connectivity index is 1.31. The number of nitrogens with zero attached hydrogens (tertiary/aromatic N) is 2. The molecule has 0 spiro atoms. The molecule has 35 heavy (non-hydrogen) atoms. The van der Waals surface area contributed by atoms with Gasteiger partial charge in [0.05, 0.1) is 10.7 Å². The zero-order valence-electron chi connectivity index (χ0n) is 19.7. The first kappa shape index (κ1) is 24.9. The fraction of sp³-hybridized carbons (Fsp3) is 0.259. The number of halogens is 2. The number of amides is 2. The molecule has 0 atom stereocenters. The molecule has 3 aromatic carbocycles. The van der Waals surface area contributed by atoms with Crippen molar-refractivity contribution in [2.45, 2.75) is 13.8 Å². The summed E-state index contributed by atoms with van der Waals surface area (Å²) in [5.41, 5.74) is 4.05. The van der Waals surface area contributed by atoms with E-state index in [1.807, 2.05) is 55.1 Å². The van der Waals surface area contributed by atoms with Gasteiger partial charge in [-0.05, 0) is 67.4 Å². The summed E-state index contributed by atoms with van der Waals surface area (Å²) in [6.07, 6.45) is 0. The molecule has 182 valence electrons. The van der Waals surface area contributed by atoms with Crippen LogP contribution in [0.4, 0.5) is 11.4 Å². The highest BCUT2D eigenvalue weighted by Gasteiger charge is 2.24. The number of aryl methyl sites for hydroxylation is 2. The molecule has 8 heteroatoms. The van der Waals surface area contributed by atoms with Gasteiger partial charge in [-0.25, -0.2) is 0 Å². The Labute approximate surface area is 215 Å². The lowest BCUT2D eigenvalue weighted by atomic mass is 10.1. The van der Waals surface area contributed by atoms with E-state index in [1.54, 1.807) is 24.3 Å². The predicted octanol–water partition coefficient (Wildman–Crippen LogP) is 5.59. The first-order chi connectivity index (χ1) is 16.8. The van der Waals surface area contributed by atoms with Gasteiger partial charge in [-0.15, -0.1) is 0 Å². The number of ether oxygens (including phenoxy) is 1. The van der Waals surface area contributed by atoms with Crippen LogP contribution in [0.2, 0.25) is 10.0 Å². The van der Waals surface area contributed by atoms with E-state index in [0.717, 1.165) is 22.4 Å². The Morgan fingerprint density at radius 3 is 2.34 bits per heavy atom. The number of rotatable bonds is 6. The normalized spacial score (nSPS) is 13.5. The second-order valence-electron chi connectivity index (χ2n) is 8.51. The quantitative estimate of drug-likeness (QED) is 0.468. The average Bonchev–Trinajstić information content (AvgIpc) is 2.84. The second kappa shape index (κ2) is 11.0. The lowest BCUT2D eigenvalue weighted by Gasteiger charge is -2.36. The van der Waals surface area contributed by atoms with Crippen LogP contribution in [0.5, 0.6) is 5.75 Å². The third-order valence-corrected chi connectivity index (χ3v) is 6.55. The average molecular weight is 512 g/mol. The number of piperazine rings is 1. The first-order valence-corrected chi connectivity index (χ1v) is 12.2. The van der Waals surface area contributed by atoms with Crippen molar-refractivity contribution in [2.24, 2.45) is 0 Å². The SMILES string of the molecule is Cc1cc(Cl)ccc1OCC(=O)Nc1ccc(N2CCN(C(=O)c3ccccc3C)CC2)c(Cl)c1. The monoisotopic (exact) mass is 511 g/mol. The number of benzene rings is 3. The van der Waals surface area contributed by atoms with Gasteiger partial charge in [-0.2, -0.15) is 0 Å². The number of hydrogen-bond donors (Lipinski definition) is 1. The molecule has 3 aromatic rings. The van der Waals surface area contributed by atoms with E-state index < -0.39 is 0 Å². The molecule has 0 unspecified atom stereocenters. The van der Waals surface area contributed by atoms with Gasteiger partial charge in [0.2, 0.25) is 0 Å². The van der Waals surface area contributed by atoms with Crippen molar-refractivity contribution in [3.63, 3.8) is 0 Å². The highest BCUT2D eigenvalue weighted by atomic mass is 35.5. The third-order valence-electron chi connectivity index (χ3n) is 6.01. The van der Waals surface area contributed by atoms with Crippen LogP contribution in [-0.2, 0) is 4.79 Å². The molecule has 1 fully saturated rings. The molecule has 4 rings (SSSR count). The molecule has 1 aliphatic rings. The van der Waals surface area contributed by atoms with Crippen molar-refractivity contribution in [1.29, 1.82) is 0 Å². The fourth-order valence-electron chi connectivity index (χ4n) is 4.09. The van der Waals surface area contributed by atoms with E-state index in [4.69, 9.17) is 27.9 Å². The van der Waals surface area contributed by atoms with Gasteiger partial charge >= 0.3 is 0 Å². The second-order valence-corrected chi connectivity index (χ2v) is 9.35. The Morgan fingerprint density at radius 2 is 1.66 bits per heavy atom. The number of anilines is 2. The molecule has 1 N–H and O–H groups in total. The van der Waals surface area contributed by atoms with Crippen LogP contribution < -0.4 is 15.0 Å². The Bertz CT molecular complexity index is 1240. The largest absolute Gasteiger partial charge is 0.483 e. The Morgan fingerprint density at radius 1 is 0.914 bits per heavy atom. The van der Waals surface area contributed by atoms with Crippen LogP contribution in [0, 0.1) is 13.8 Å². The summed E-state index contributed by atoms with van der Waals surface area (Å²) < 4.78 is 5.60. The van der Waals surface area contributed by atoms with Crippen LogP contribution in [0.3, 0.4) is 0 Å². The molecule has 1 heterocycles. The highest BCUT2D eigenvalue weighted by Crippen LogP contribution is 2.30. The minimum Gasteiger partial charge on any atom is -0.483 e. The van der Waals surface area contributed by atoms with Crippen molar-refractivity contribution in [3.05, 3.63) is 87.4 Å². The van der Waals surface area contributed by atoms with Crippen LogP contribution in [0.25, 0.3) is 0 Å². The summed E-state index contributed by atoms with van der Waals surface area (Å²) in [5.74, 6) is 0.382. The van der Waals surface area contributed by atoms with E-state index in [9.17, 15) is 9.59 Å². The molecule has 0 saturated carbocycles. The summed E-state index contributed by atoms with van der Waals surface area (Å²) in [7, 11) is 0. The molecule has 6 nitrogen and oxygen atoms in total. The van der Waals surface area contributed by atoms with Gasteiger partial charge in [0.1, 0.15) is 5.75 Å². The van der Waals surface area contributed by atoms with Crippen molar-refractivity contribution < 1.29 is 14.3 Å².